The van der Waals surface area contributed by atoms with E-state index >= 15 is 0 Å². The minimum Gasteiger partial charge on any atom is -0.362 e. The van der Waals surface area contributed by atoms with Gasteiger partial charge >= 0.3 is 6.18 Å². The van der Waals surface area contributed by atoms with Crippen LogP contribution in [0.2, 0.25) is 5.02 Å². The number of anilines is 2. The van der Waals surface area contributed by atoms with Crippen molar-refractivity contribution in [1.29, 1.82) is 0 Å². The molecule has 0 bridgehead atoms. The summed E-state index contributed by atoms with van der Waals surface area (Å²) in [7, 11) is 0. The van der Waals surface area contributed by atoms with E-state index in [9.17, 15) is 18.0 Å². The predicted molar refractivity (Wildman–Crippen MR) is 89.7 cm³/mol. The third-order valence-corrected chi connectivity index (χ3v) is 4.33. The lowest BCUT2D eigenvalue weighted by Gasteiger charge is -2.21. The first kappa shape index (κ1) is 17.5. The van der Waals surface area contributed by atoms with Crippen LogP contribution in [0.3, 0.4) is 0 Å². The number of aryl methyl sites for hydroxylation is 1. The minimum absolute atomic E-state index is 0.00726. The Labute approximate surface area is 147 Å². The molecule has 0 unspecified atom stereocenters. The second kappa shape index (κ2) is 6.55. The van der Waals surface area contributed by atoms with Gasteiger partial charge in [-0.05, 0) is 36.6 Å². The first-order valence-electron chi connectivity index (χ1n) is 7.66. The van der Waals surface area contributed by atoms with Crippen LogP contribution in [0.15, 0.2) is 30.5 Å². The number of halogens is 4. The van der Waals surface area contributed by atoms with Crippen LogP contribution < -0.4 is 10.6 Å². The van der Waals surface area contributed by atoms with Crippen LogP contribution in [0.1, 0.15) is 36.1 Å². The quantitative estimate of drug-likeness (QED) is 0.816. The number of pyridine rings is 1. The first-order chi connectivity index (χ1) is 11.7. The Balaban J connectivity index is 1.78. The lowest BCUT2D eigenvalue weighted by molar-refractivity contribution is -0.137. The maximum absolute atomic E-state index is 12.7. The highest BCUT2D eigenvalue weighted by Gasteiger charge is 2.31. The van der Waals surface area contributed by atoms with E-state index in [0.717, 1.165) is 29.1 Å². The van der Waals surface area contributed by atoms with Crippen molar-refractivity contribution in [3.8, 4) is 0 Å². The van der Waals surface area contributed by atoms with Gasteiger partial charge in [-0.1, -0.05) is 23.7 Å². The van der Waals surface area contributed by atoms with Gasteiger partial charge in [0.05, 0.1) is 16.6 Å². The molecule has 0 radical (unpaired) electrons. The van der Waals surface area contributed by atoms with E-state index in [-0.39, 0.29) is 22.8 Å². The molecule has 0 saturated carbocycles. The van der Waals surface area contributed by atoms with Crippen LogP contribution in [0, 0.1) is 0 Å². The number of fused-ring (bicyclic) bond motifs is 1. The molecule has 1 aromatic carbocycles. The fraction of sp³-hybridized carbons (Fsp3) is 0.294. The van der Waals surface area contributed by atoms with Crippen molar-refractivity contribution in [2.75, 3.05) is 10.6 Å². The molecular weight excluding hydrogens is 355 g/mol. The number of nitrogens with one attached hydrogen (secondary N) is 2. The van der Waals surface area contributed by atoms with Gasteiger partial charge < -0.3 is 10.6 Å². The van der Waals surface area contributed by atoms with E-state index in [1.165, 1.54) is 0 Å². The van der Waals surface area contributed by atoms with Crippen LogP contribution >= 0.6 is 11.6 Å². The SMILES string of the molecule is C[C@H](Nc1ncc(C(F)(F)F)cc1Cl)c1ccc2c(c1)CCC(=O)N2. The Kier molecular flexibility index (Phi) is 4.60. The molecule has 2 aromatic rings. The van der Waals surface area contributed by atoms with Gasteiger partial charge in [0.2, 0.25) is 5.91 Å². The van der Waals surface area contributed by atoms with E-state index in [4.69, 9.17) is 11.6 Å². The number of nitrogens with zero attached hydrogens (tertiary/aromatic N) is 1. The topological polar surface area (TPSA) is 54.0 Å². The number of amides is 1. The average Bonchev–Trinajstić information content (AvgIpc) is 2.55. The van der Waals surface area contributed by atoms with Gasteiger partial charge in [-0.15, -0.1) is 0 Å². The fourth-order valence-corrected chi connectivity index (χ4v) is 2.88. The molecule has 25 heavy (non-hydrogen) atoms. The zero-order chi connectivity index (χ0) is 18.2. The van der Waals surface area contributed by atoms with Gasteiger partial charge in [-0.3, -0.25) is 4.79 Å². The second-order valence-electron chi connectivity index (χ2n) is 5.88. The van der Waals surface area contributed by atoms with Crippen molar-refractivity contribution >= 4 is 29.0 Å². The van der Waals surface area contributed by atoms with Gasteiger partial charge in [0.25, 0.3) is 0 Å². The number of rotatable bonds is 3. The molecule has 1 aliphatic rings. The van der Waals surface area contributed by atoms with Crippen molar-refractivity contribution < 1.29 is 18.0 Å². The van der Waals surface area contributed by atoms with Crippen molar-refractivity contribution in [2.24, 2.45) is 0 Å². The van der Waals surface area contributed by atoms with E-state index in [1.807, 2.05) is 25.1 Å². The molecule has 1 atom stereocenters. The molecule has 8 heteroatoms. The summed E-state index contributed by atoms with van der Waals surface area (Å²) in [6.45, 7) is 1.86. The van der Waals surface area contributed by atoms with Crippen molar-refractivity contribution in [3.05, 3.63) is 52.2 Å². The summed E-state index contributed by atoms with van der Waals surface area (Å²) in [6, 6.07) is 6.27. The van der Waals surface area contributed by atoms with Gasteiger partial charge in [0, 0.05) is 18.3 Å². The van der Waals surface area contributed by atoms with E-state index in [1.54, 1.807) is 0 Å². The lowest BCUT2D eigenvalue weighted by Crippen LogP contribution is -2.19. The predicted octanol–water partition coefficient (Wildman–Crippen LogP) is 4.81. The molecule has 0 fully saturated rings. The van der Waals surface area contributed by atoms with Gasteiger partial charge in [-0.25, -0.2) is 4.98 Å². The van der Waals surface area contributed by atoms with Crippen LogP contribution in [0.25, 0.3) is 0 Å². The number of benzene rings is 1. The van der Waals surface area contributed by atoms with Crippen molar-refractivity contribution in [2.45, 2.75) is 32.0 Å². The maximum atomic E-state index is 12.7. The summed E-state index contributed by atoms with van der Waals surface area (Å²) >= 11 is 5.93. The highest BCUT2D eigenvalue weighted by atomic mass is 35.5. The van der Waals surface area contributed by atoms with Gasteiger partial charge in [0.1, 0.15) is 5.82 Å². The van der Waals surface area contributed by atoms with Crippen LogP contribution in [-0.4, -0.2) is 10.9 Å². The van der Waals surface area contributed by atoms with E-state index in [0.29, 0.717) is 12.8 Å². The Hall–Kier alpha value is -2.28. The number of aromatic nitrogens is 1. The first-order valence-corrected chi connectivity index (χ1v) is 8.04. The average molecular weight is 370 g/mol. The molecule has 3 rings (SSSR count). The largest absolute Gasteiger partial charge is 0.417 e. The van der Waals surface area contributed by atoms with Gasteiger partial charge in [-0.2, -0.15) is 13.2 Å². The minimum atomic E-state index is -4.48. The Morgan fingerprint density at radius 1 is 1.28 bits per heavy atom. The molecule has 1 aromatic heterocycles. The monoisotopic (exact) mass is 369 g/mol. The molecule has 0 aliphatic carbocycles. The zero-order valence-electron chi connectivity index (χ0n) is 13.2. The zero-order valence-corrected chi connectivity index (χ0v) is 14.0. The number of carbonyl (C=O) groups is 1. The summed E-state index contributed by atoms with van der Waals surface area (Å²) in [4.78, 5) is 15.2. The molecule has 4 nitrogen and oxygen atoms in total. The summed E-state index contributed by atoms with van der Waals surface area (Å²) in [5, 5.41) is 5.74. The molecule has 1 aliphatic heterocycles. The molecule has 2 N–H and O–H groups in total. The number of carbonyl (C=O) groups excluding carboxylic acids is 1. The van der Waals surface area contributed by atoms with Crippen molar-refractivity contribution in [1.82, 2.24) is 4.98 Å². The molecule has 2 heterocycles. The Bertz CT molecular complexity index is 823. The van der Waals surface area contributed by atoms with Crippen LogP contribution in [0.5, 0.6) is 0 Å². The summed E-state index contributed by atoms with van der Waals surface area (Å²) < 4.78 is 38.0. The molecule has 0 spiro atoms. The normalized spacial score (nSPS) is 15.3. The Morgan fingerprint density at radius 2 is 2.04 bits per heavy atom. The molecular formula is C17H15ClF3N3O. The summed E-state index contributed by atoms with van der Waals surface area (Å²) in [5.74, 6) is 0.181. The third-order valence-electron chi connectivity index (χ3n) is 4.05. The van der Waals surface area contributed by atoms with E-state index < -0.39 is 11.7 Å². The lowest BCUT2D eigenvalue weighted by atomic mass is 9.98. The maximum Gasteiger partial charge on any atom is 0.417 e. The smallest absolute Gasteiger partial charge is 0.362 e. The van der Waals surface area contributed by atoms with Gasteiger partial charge in [0.15, 0.2) is 0 Å². The van der Waals surface area contributed by atoms with Crippen LogP contribution in [0.4, 0.5) is 24.7 Å². The molecule has 132 valence electrons. The van der Waals surface area contributed by atoms with Crippen LogP contribution in [-0.2, 0) is 17.4 Å². The summed E-state index contributed by atoms with van der Waals surface area (Å²) in [6.07, 6.45) is -2.64. The standard InChI is InChI=1S/C17H15ClF3N3O/c1-9(10-2-4-14-11(6-10)3-5-15(25)24-14)23-16-13(18)7-12(8-22-16)17(19,20)21/h2,4,6-9H,3,5H2,1H3,(H,22,23)(H,24,25)/t9-/m0/s1. The summed E-state index contributed by atoms with van der Waals surface area (Å²) in [5.41, 5.74) is 1.85. The fourth-order valence-electron chi connectivity index (χ4n) is 2.66. The molecule has 0 saturated heterocycles. The number of alkyl halides is 3. The number of hydrogen-bond acceptors (Lipinski definition) is 3. The second-order valence-corrected chi connectivity index (χ2v) is 6.29. The Morgan fingerprint density at radius 3 is 2.72 bits per heavy atom. The van der Waals surface area contributed by atoms with Crippen molar-refractivity contribution in [3.63, 3.8) is 0 Å². The highest BCUT2D eigenvalue weighted by molar-refractivity contribution is 6.33. The third kappa shape index (κ3) is 3.87. The number of hydrogen-bond donors (Lipinski definition) is 2. The van der Waals surface area contributed by atoms with E-state index in [2.05, 4.69) is 15.6 Å². The molecule has 1 amide bonds. The highest BCUT2D eigenvalue weighted by Crippen LogP contribution is 2.34.